The van der Waals surface area contributed by atoms with Crippen molar-refractivity contribution in [3.05, 3.63) is 36.2 Å². The van der Waals surface area contributed by atoms with Gasteiger partial charge < -0.3 is 14.8 Å². The molecule has 0 saturated carbocycles. The van der Waals surface area contributed by atoms with Crippen LogP contribution in [0.15, 0.2) is 35.7 Å². The average Bonchev–Trinajstić information content (AvgIpc) is 3.07. The molecule has 0 radical (unpaired) electrons. The zero-order chi connectivity index (χ0) is 19.2. The smallest absolute Gasteiger partial charge is 0.265 e. The molecule has 0 aliphatic carbocycles. The summed E-state index contributed by atoms with van der Waals surface area (Å²) in [6.45, 7) is 3.71. The van der Waals surface area contributed by atoms with E-state index in [4.69, 9.17) is 0 Å². The largest absolute Gasteiger partial charge is 0.335 e. The summed E-state index contributed by atoms with van der Waals surface area (Å²) in [4.78, 5) is 25.8. The summed E-state index contributed by atoms with van der Waals surface area (Å²) in [5.74, 6) is -0.0365. The highest BCUT2D eigenvalue weighted by Gasteiger charge is 2.18. The minimum atomic E-state index is -0.139. The van der Waals surface area contributed by atoms with Gasteiger partial charge in [-0.3, -0.25) is 15.0 Å². The monoisotopic (exact) mass is 390 g/mol. The molecule has 0 bridgehead atoms. The number of hydrazine groups is 1. The summed E-state index contributed by atoms with van der Waals surface area (Å²) < 4.78 is 1.76. The molecule has 2 amide bonds. The zero-order valence-electron chi connectivity index (χ0n) is 15.4. The molecule has 144 valence electrons. The van der Waals surface area contributed by atoms with Crippen LogP contribution in [0.1, 0.15) is 10.4 Å². The van der Waals surface area contributed by atoms with E-state index in [1.165, 1.54) is 16.7 Å². The number of nitrogens with zero attached hydrogens (tertiary/aromatic N) is 4. The summed E-state index contributed by atoms with van der Waals surface area (Å²) in [7, 11) is 3.98. The van der Waals surface area contributed by atoms with E-state index < -0.39 is 0 Å². The lowest BCUT2D eigenvalue weighted by atomic mass is 10.2. The standard InChI is InChI=1S/C17H23N7O2S/c1-22-7-9-24(10-8-22)21-16(26)13-3-5-14(6-4-13)19-15(25)11-27-17-20-18-12-23(17)2/h3-6,12H,7-11H2,1-2H3,(H,19,25)(H,21,26)/p+1. The molecule has 1 aromatic carbocycles. The molecule has 0 spiro atoms. The molecular formula is C17H24N7O2S+. The highest BCUT2D eigenvalue weighted by Crippen LogP contribution is 2.15. The van der Waals surface area contributed by atoms with Gasteiger partial charge in [-0.1, -0.05) is 11.8 Å². The molecule has 0 atom stereocenters. The van der Waals surface area contributed by atoms with Gasteiger partial charge >= 0.3 is 0 Å². The van der Waals surface area contributed by atoms with Gasteiger partial charge in [-0.15, -0.1) is 10.2 Å². The summed E-state index contributed by atoms with van der Waals surface area (Å²) in [6, 6.07) is 6.88. The SMILES string of the molecule is Cn1cnnc1SCC(=O)Nc1ccc(C(=O)NN2CC[NH+](C)CC2)cc1. The van der Waals surface area contributed by atoms with Crippen molar-refractivity contribution in [3.8, 4) is 0 Å². The number of nitrogens with one attached hydrogen (secondary N) is 3. The lowest BCUT2D eigenvalue weighted by Crippen LogP contribution is -3.12. The Morgan fingerprint density at radius 1 is 1.22 bits per heavy atom. The number of carbonyl (C=O) groups is 2. The Kier molecular flexibility index (Phi) is 6.43. The van der Waals surface area contributed by atoms with Gasteiger partial charge in [0.1, 0.15) is 6.33 Å². The van der Waals surface area contributed by atoms with E-state index in [0.29, 0.717) is 16.4 Å². The third-order valence-electron chi connectivity index (χ3n) is 4.31. The van der Waals surface area contributed by atoms with Crippen molar-refractivity contribution in [3.63, 3.8) is 0 Å². The molecular weight excluding hydrogens is 366 g/mol. The number of carbonyl (C=O) groups excluding carboxylic acids is 2. The number of quaternary nitrogens is 1. The summed E-state index contributed by atoms with van der Waals surface area (Å²) >= 11 is 1.31. The number of aromatic nitrogens is 3. The Labute approximate surface area is 162 Å². The van der Waals surface area contributed by atoms with Crippen LogP contribution in [0, 0.1) is 0 Å². The lowest BCUT2D eigenvalue weighted by Gasteiger charge is -2.30. The van der Waals surface area contributed by atoms with E-state index in [0.717, 1.165) is 26.2 Å². The molecule has 3 N–H and O–H groups in total. The molecule has 2 aromatic rings. The Morgan fingerprint density at radius 3 is 2.56 bits per heavy atom. The molecule has 0 unspecified atom stereocenters. The maximum absolute atomic E-state index is 12.3. The molecule has 27 heavy (non-hydrogen) atoms. The average molecular weight is 390 g/mol. The first-order chi connectivity index (χ1) is 13.0. The van der Waals surface area contributed by atoms with Gasteiger partial charge in [0.25, 0.3) is 5.91 Å². The van der Waals surface area contributed by atoms with Crippen LogP contribution in [0.25, 0.3) is 0 Å². The highest BCUT2D eigenvalue weighted by atomic mass is 32.2. The van der Waals surface area contributed by atoms with Crippen LogP contribution in [-0.4, -0.2) is 70.6 Å². The minimum absolute atomic E-state index is 0.134. The van der Waals surface area contributed by atoms with Crippen molar-refractivity contribution < 1.29 is 14.5 Å². The fourth-order valence-electron chi connectivity index (χ4n) is 2.64. The number of thioether (sulfide) groups is 1. The van der Waals surface area contributed by atoms with Crippen LogP contribution in [0.3, 0.4) is 0 Å². The number of benzene rings is 1. The van der Waals surface area contributed by atoms with Crippen LogP contribution in [-0.2, 0) is 11.8 Å². The van der Waals surface area contributed by atoms with E-state index in [1.807, 2.05) is 12.1 Å². The second-order valence-electron chi connectivity index (χ2n) is 6.52. The number of piperazine rings is 1. The fourth-order valence-corrected chi connectivity index (χ4v) is 3.33. The molecule has 1 aromatic heterocycles. The fraction of sp³-hybridized carbons (Fsp3) is 0.412. The first-order valence-electron chi connectivity index (χ1n) is 8.75. The van der Waals surface area contributed by atoms with E-state index in [2.05, 4.69) is 28.0 Å². The molecule has 1 aliphatic rings. The molecule has 2 heterocycles. The number of aryl methyl sites for hydroxylation is 1. The van der Waals surface area contributed by atoms with Crippen LogP contribution < -0.4 is 15.6 Å². The van der Waals surface area contributed by atoms with Gasteiger partial charge in [-0.05, 0) is 24.3 Å². The minimum Gasteiger partial charge on any atom is -0.335 e. The zero-order valence-corrected chi connectivity index (χ0v) is 16.3. The predicted octanol–water partition coefficient (Wildman–Crippen LogP) is -0.979. The summed E-state index contributed by atoms with van der Waals surface area (Å²) in [6.07, 6.45) is 1.59. The second-order valence-corrected chi connectivity index (χ2v) is 7.47. The topological polar surface area (TPSA) is 96.6 Å². The summed E-state index contributed by atoms with van der Waals surface area (Å²) in [5, 5.41) is 13.1. The van der Waals surface area contributed by atoms with E-state index in [-0.39, 0.29) is 17.6 Å². The van der Waals surface area contributed by atoms with Crippen molar-refractivity contribution >= 4 is 29.3 Å². The molecule has 1 aliphatic heterocycles. The van der Waals surface area contributed by atoms with Gasteiger partial charge in [0.05, 0.1) is 39.0 Å². The van der Waals surface area contributed by atoms with Crippen molar-refractivity contribution in [1.29, 1.82) is 0 Å². The Bertz CT molecular complexity index is 785. The normalized spacial score (nSPS) is 15.5. The lowest BCUT2D eigenvalue weighted by molar-refractivity contribution is -0.884. The molecule has 1 saturated heterocycles. The third-order valence-corrected chi connectivity index (χ3v) is 5.34. The number of anilines is 1. The summed E-state index contributed by atoms with van der Waals surface area (Å²) in [5.41, 5.74) is 4.15. The first kappa shape index (κ1) is 19.3. The van der Waals surface area contributed by atoms with Crippen LogP contribution in [0.2, 0.25) is 0 Å². The van der Waals surface area contributed by atoms with Crippen LogP contribution in [0.5, 0.6) is 0 Å². The van der Waals surface area contributed by atoms with E-state index >= 15 is 0 Å². The maximum atomic E-state index is 12.3. The van der Waals surface area contributed by atoms with Gasteiger partial charge in [-0.25, -0.2) is 5.01 Å². The Morgan fingerprint density at radius 2 is 1.93 bits per heavy atom. The molecule has 3 rings (SSSR count). The molecule has 9 nitrogen and oxygen atoms in total. The van der Waals surface area contributed by atoms with Gasteiger partial charge in [0.2, 0.25) is 5.91 Å². The van der Waals surface area contributed by atoms with Gasteiger partial charge in [0.15, 0.2) is 5.16 Å². The molecule has 1 fully saturated rings. The van der Waals surface area contributed by atoms with E-state index in [1.54, 1.807) is 35.2 Å². The van der Waals surface area contributed by atoms with Crippen LogP contribution >= 0.6 is 11.8 Å². The Balaban J connectivity index is 1.47. The van der Waals surface area contributed by atoms with Crippen molar-refractivity contribution in [2.24, 2.45) is 7.05 Å². The number of hydrogen-bond acceptors (Lipinski definition) is 6. The maximum Gasteiger partial charge on any atom is 0.265 e. The van der Waals surface area contributed by atoms with Crippen molar-refractivity contribution in [2.75, 3.05) is 44.3 Å². The highest BCUT2D eigenvalue weighted by molar-refractivity contribution is 7.99. The van der Waals surface area contributed by atoms with Crippen molar-refractivity contribution in [2.45, 2.75) is 5.16 Å². The molecule has 10 heteroatoms. The van der Waals surface area contributed by atoms with Crippen molar-refractivity contribution in [1.82, 2.24) is 25.2 Å². The second kappa shape index (κ2) is 8.98. The number of hydrogen-bond donors (Lipinski definition) is 3. The van der Waals surface area contributed by atoms with Crippen LogP contribution in [0.4, 0.5) is 5.69 Å². The number of likely N-dealkylation sites (N-methyl/N-ethyl adjacent to an activating group) is 1. The first-order valence-corrected chi connectivity index (χ1v) is 9.74. The quantitative estimate of drug-likeness (QED) is 0.549. The van der Waals surface area contributed by atoms with Gasteiger partial charge in [-0.2, -0.15) is 0 Å². The van der Waals surface area contributed by atoms with Gasteiger partial charge in [0, 0.05) is 18.3 Å². The third kappa shape index (κ3) is 5.52. The number of amides is 2. The van der Waals surface area contributed by atoms with E-state index in [9.17, 15) is 9.59 Å². The predicted molar refractivity (Wildman–Crippen MR) is 102 cm³/mol. The Hall–Kier alpha value is -2.43. The number of rotatable bonds is 6.